The Kier molecular flexibility index (Phi) is 4.76. The molecule has 1 aromatic carbocycles. The summed E-state index contributed by atoms with van der Waals surface area (Å²) in [6, 6.07) is 9.98. The second-order valence-corrected chi connectivity index (χ2v) is 8.58. The van der Waals surface area contributed by atoms with Crippen molar-refractivity contribution in [3.63, 3.8) is 0 Å². The molecule has 2 aromatic rings. The van der Waals surface area contributed by atoms with Gasteiger partial charge in [0.05, 0.1) is 6.26 Å². The molecule has 1 aromatic heterocycles. The molecule has 3 heterocycles. The highest BCUT2D eigenvalue weighted by Gasteiger charge is 2.35. The fourth-order valence-corrected chi connectivity index (χ4v) is 5.07. The van der Waals surface area contributed by atoms with Crippen LogP contribution in [0.4, 0.5) is 0 Å². The topological polar surface area (TPSA) is 83.2 Å². The van der Waals surface area contributed by atoms with E-state index in [1.807, 2.05) is 4.90 Å². The van der Waals surface area contributed by atoms with E-state index in [1.54, 1.807) is 48.2 Å². The minimum Gasteiger partial charge on any atom is -0.459 e. The molecule has 9 heteroatoms. The minimum atomic E-state index is -3.78. The third-order valence-electron chi connectivity index (χ3n) is 4.85. The lowest BCUT2D eigenvalue weighted by Gasteiger charge is -2.35. The van der Waals surface area contributed by atoms with Crippen molar-refractivity contribution in [2.24, 2.45) is 4.40 Å². The molecule has 1 amide bonds. The Bertz CT molecular complexity index is 1060. The quantitative estimate of drug-likeness (QED) is 0.747. The van der Waals surface area contributed by atoms with Gasteiger partial charge >= 0.3 is 0 Å². The van der Waals surface area contributed by atoms with Crippen molar-refractivity contribution >= 4 is 38.3 Å². The van der Waals surface area contributed by atoms with Crippen LogP contribution in [0.3, 0.4) is 0 Å². The van der Waals surface area contributed by atoms with E-state index in [0.29, 0.717) is 53.9 Å². The van der Waals surface area contributed by atoms with E-state index in [2.05, 4.69) is 4.40 Å². The first-order valence-electron chi connectivity index (χ1n) is 8.77. The number of hydrogen-bond donors (Lipinski definition) is 0. The molecule has 0 unspecified atom stereocenters. The van der Waals surface area contributed by atoms with E-state index in [-0.39, 0.29) is 10.8 Å². The van der Waals surface area contributed by atoms with Crippen LogP contribution in [-0.2, 0) is 10.0 Å². The summed E-state index contributed by atoms with van der Waals surface area (Å²) in [5.41, 5.74) is 1.17. The molecule has 4 rings (SSSR count). The van der Waals surface area contributed by atoms with Gasteiger partial charge in [0.15, 0.2) is 5.76 Å². The SMILES string of the molecule is CC1=C(c2ccc(Cl)cc2)S(=O)(=O)N=C1N1CCN(C(=O)c2ccco2)CC1. The van der Waals surface area contributed by atoms with Crippen molar-refractivity contribution in [2.75, 3.05) is 26.2 Å². The smallest absolute Gasteiger partial charge is 0.289 e. The molecule has 28 heavy (non-hydrogen) atoms. The van der Waals surface area contributed by atoms with Crippen LogP contribution >= 0.6 is 11.6 Å². The maximum absolute atomic E-state index is 12.7. The molecular weight excluding hydrogens is 402 g/mol. The van der Waals surface area contributed by atoms with Gasteiger partial charge in [-0.1, -0.05) is 23.7 Å². The summed E-state index contributed by atoms with van der Waals surface area (Å²) >= 11 is 5.91. The molecule has 7 nitrogen and oxygen atoms in total. The zero-order valence-electron chi connectivity index (χ0n) is 15.1. The fourth-order valence-electron chi connectivity index (χ4n) is 3.46. The molecule has 2 aliphatic rings. The Balaban J connectivity index is 1.54. The van der Waals surface area contributed by atoms with Crippen molar-refractivity contribution < 1.29 is 17.6 Å². The lowest BCUT2D eigenvalue weighted by atomic mass is 10.1. The van der Waals surface area contributed by atoms with Gasteiger partial charge in [-0.2, -0.15) is 8.42 Å². The van der Waals surface area contributed by atoms with E-state index in [4.69, 9.17) is 16.0 Å². The Morgan fingerprint density at radius 1 is 1.11 bits per heavy atom. The van der Waals surface area contributed by atoms with Crippen molar-refractivity contribution in [3.8, 4) is 0 Å². The van der Waals surface area contributed by atoms with E-state index in [9.17, 15) is 13.2 Å². The molecule has 146 valence electrons. The molecule has 0 bridgehead atoms. The average molecular weight is 420 g/mol. The summed E-state index contributed by atoms with van der Waals surface area (Å²) in [4.78, 5) is 16.2. The lowest BCUT2D eigenvalue weighted by molar-refractivity contribution is 0.0660. The van der Waals surface area contributed by atoms with Crippen molar-refractivity contribution in [1.29, 1.82) is 0 Å². The summed E-state index contributed by atoms with van der Waals surface area (Å²) in [7, 11) is -3.78. The monoisotopic (exact) mass is 419 g/mol. The van der Waals surface area contributed by atoms with Crippen LogP contribution in [0, 0.1) is 0 Å². The molecule has 0 atom stereocenters. The largest absolute Gasteiger partial charge is 0.459 e. The number of benzene rings is 1. The Labute approximate surface area is 168 Å². The van der Waals surface area contributed by atoms with Crippen molar-refractivity contribution in [3.05, 3.63) is 64.6 Å². The van der Waals surface area contributed by atoms with Gasteiger partial charge in [-0.15, -0.1) is 4.40 Å². The zero-order valence-corrected chi connectivity index (χ0v) is 16.7. The highest BCUT2D eigenvalue weighted by molar-refractivity contribution is 8.00. The molecule has 1 saturated heterocycles. The number of hydrogen-bond acceptors (Lipinski definition) is 5. The summed E-state index contributed by atoms with van der Waals surface area (Å²) in [6.45, 7) is 3.66. The second-order valence-electron chi connectivity index (χ2n) is 6.61. The number of halogens is 1. The van der Waals surface area contributed by atoms with Gasteiger partial charge < -0.3 is 14.2 Å². The number of nitrogens with zero attached hydrogens (tertiary/aromatic N) is 3. The Hall–Kier alpha value is -2.58. The van der Waals surface area contributed by atoms with Crippen molar-refractivity contribution in [2.45, 2.75) is 6.92 Å². The summed E-state index contributed by atoms with van der Waals surface area (Å²) in [5, 5.41) is 0.538. The molecule has 0 spiro atoms. The summed E-state index contributed by atoms with van der Waals surface area (Å²) < 4.78 is 34.5. The number of furan rings is 1. The van der Waals surface area contributed by atoms with E-state index in [0.717, 1.165) is 0 Å². The molecule has 0 N–H and O–H groups in total. The highest BCUT2D eigenvalue weighted by Crippen LogP contribution is 2.34. The third kappa shape index (κ3) is 3.33. The number of sulfonamides is 1. The predicted octanol–water partition coefficient (Wildman–Crippen LogP) is 2.86. The van der Waals surface area contributed by atoms with E-state index < -0.39 is 10.0 Å². The second kappa shape index (κ2) is 7.10. The maximum Gasteiger partial charge on any atom is 0.289 e. The molecule has 0 saturated carbocycles. The fraction of sp³-hybridized carbons (Fsp3) is 0.263. The maximum atomic E-state index is 12.7. The van der Waals surface area contributed by atoms with Crippen LogP contribution < -0.4 is 0 Å². The third-order valence-corrected chi connectivity index (χ3v) is 6.57. The van der Waals surface area contributed by atoms with Gasteiger partial charge in [0.25, 0.3) is 15.9 Å². The Morgan fingerprint density at radius 3 is 2.39 bits per heavy atom. The van der Waals surface area contributed by atoms with Crippen LogP contribution in [-0.4, -0.2) is 56.1 Å². The first-order valence-corrected chi connectivity index (χ1v) is 10.6. The number of amides is 1. The van der Waals surface area contributed by atoms with Gasteiger partial charge in [0.1, 0.15) is 10.7 Å². The van der Waals surface area contributed by atoms with Crippen LogP contribution in [0.15, 0.2) is 57.0 Å². The predicted molar refractivity (Wildman–Crippen MR) is 107 cm³/mol. The van der Waals surface area contributed by atoms with Gasteiger partial charge in [-0.3, -0.25) is 4.79 Å². The van der Waals surface area contributed by atoms with Gasteiger partial charge in [-0.05, 0) is 36.8 Å². The van der Waals surface area contributed by atoms with Crippen LogP contribution in [0.5, 0.6) is 0 Å². The number of amidine groups is 1. The molecule has 0 radical (unpaired) electrons. The number of carbonyl (C=O) groups excluding carboxylic acids is 1. The average Bonchev–Trinajstić information content (AvgIpc) is 3.29. The normalized spacial score (nSPS) is 19.1. The molecular formula is C19H18ClN3O4S. The molecule has 1 fully saturated rings. The van der Waals surface area contributed by atoms with Crippen LogP contribution in [0.1, 0.15) is 23.0 Å². The first-order chi connectivity index (χ1) is 13.4. The number of piperazine rings is 1. The van der Waals surface area contributed by atoms with Crippen LogP contribution in [0.25, 0.3) is 4.91 Å². The van der Waals surface area contributed by atoms with Gasteiger partial charge in [0.2, 0.25) is 0 Å². The van der Waals surface area contributed by atoms with Crippen LogP contribution in [0.2, 0.25) is 5.02 Å². The van der Waals surface area contributed by atoms with E-state index in [1.165, 1.54) is 6.26 Å². The Morgan fingerprint density at radius 2 is 1.79 bits per heavy atom. The van der Waals surface area contributed by atoms with E-state index >= 15 is 0 Å². The minimum absolute atomic E-state index is 0.167. The number of rotatable bonds is 2. The van der Waals surface area contributed by atoms with Crippen molar-refractivity contribution in [1.82, 2.24) is 9.80 Å². The standard InChI is InChI=1S/C19H18ClN3O4S/c1-13-17(14-4-6-15(20)7-5-14)28(25,26)21-18(13)22-8-10-23(11-9-22)19(24)16-3-2-12-27-16/h2-7,12H,8-11H2,1H3. The zero-order chi connectivity index (χ0) is 19.9. The highest BCUT2D eigenvalue weighted by atomic mass is 35.5. The summed E-state index contributed by atoms with van der Waals surface area (Å²) in [5.74, 6) is 0.574. The molecule has 0 aliphatic carbocycles. The first kappa shape index (κ1) is 18.8. The van der Waals surface area contributed by atoms with Gasteiger partial charge in [0, 0.05) is 36.8 Å². The summed E-state index contributed by atoms with van der Waals surface area (Å²) in [6.07, 6.45) is 1.47. The van der Waals surface area contributed by atoms with Gasteiger partial charge in [-0.25, -0.2) is 0 Å². The number of carbonyl (C=O) groups is 1. The molecule has 2 aliphatic heterocycles. The lowest BCUT2D eigenvalue weighted by Crippen LogP contribution is -2.50.